The van der Waals surface area contributed by atoms with Gasteiger partial charge in [-0.2, -0.15) is 0 Å². The molecule has 7 heteroatoms. The van der Waals surface area contributed by atoms with Gasteiger partial charge in [-0.25, -0.2) is 9.97 Å². The lowest BCUT2D eigenvalue weighted by molar-refractivity contribution is 0.0365. The summed E-state index contributed by atoms with van der Waals surface area (Å²) in [5.41, 5.74) is 0.245. The minimum Gasteiger partial charge on any atom is -0.382 e. The van der Waals surface area contributed by atoms with Gasteiger partial charge in [0.2, 0.25) is 0 Å². The third kappa shape index (κ3) is 3.90. The highest BCUT2D eigenvalue weighted by Crippen LogP contribution is 2.18. The maximum atomic E-state index is 10.9. The molecule has 0 aliphatic carbocycles. The number of hydrogen-bond acceptors (Lipinski definition) is 6. The molecule has 0 aromatic carbocycles. The average Bonchev–Trinajstić information content (AvgIpc) is 2.33. The molecule has 0 radical (unpaired) electrons. The van der Waals surface area contributed by atoms with Gasteiger partial charge in [-0.15, -0.1) is 0 Å². The third-order valence-corrected chi connectivity index (χ3v) is 2.60. The molecule has 0 aliphatic heterocycles. The van der Waals surface area contributed by atoms with Crippen LogP contribution in [-0.4, -0.2) is 49.7 Å². The van der Waals surface area contributed by atoms with Crippen molar-refractivity contribution in [2.24, 2.45) is 0 Å². The van der Waals surface area contributed by atoms with Crippen molar-refractivity contribution in [2.45, 2.75) is 13.0 Å². The molecule has 1 N–H and O–H groups in total. The topological polar surface area (TPSA) is 73.3 Å². The Balaban J connectivity index is 2.80. The van der Waals surface area contributed by atoms with Crippen LogP contribution >= 0.6 is 11.6 Å². The summed E-state index contributed by atoms with van der Waals surface area (Å²) in [6.45, 7) is 2.60. The number of nitrogens with zero attached hydrogens (tertiary/aromatic N) is 2. The van der Waals surface area contributed by atoms with Crippen LogP contribution in [0.2, 0.25) is 5.15 Å². The second kappa shape index (κ2) is 7.25. The van der Waals surface area contributed by atoms with E-state index in [0.29, 0.717) is 31.1 Å². The van der Waals surface area contributed by atoms with Crippen LogP contribution in [0.3, 0.4) is 0 Å². The van der Waals surface area contributed by atoms with E-state index in [-0.39, 0.29) is 16.8 Å². The number of carbonyl (C=O) groups excluding carboxylic acids is 1. The van der Waals surface area contributed by atoms with E-state index in [0.717, 1.165) is 0 Å². The summed E-state index contributed by atoms with van der Waals surface area (Å²) in [6.07, 6.45) is 0.492. The van der Waals surface area contributed by atoms with E-state index in [1.807, 2.05) is 0 Å². The van der Waals surface area contributed by atoms with Crippen molar-refractivity contribution in [3.63, 3.8) is 0 Å². The van der Waals surface area contributed by atoms with Gasteiger partial charge in [-0.1, -0.05) is 11.6 Å². The minimum absolute atomic E-state index is 0.136. The molecule has 1 unspecified atom stereocenters. The Morgan fingerprint density at radius 1 is 1.44 bits per heavy atom. The first-order valence-corrected chi connectivity index (χ1v) is 5.75. The molecule has 1 aromatic rings. The molecule has 0 saturated heterocycles. The van der Waals surface area contributed by atoms with Gasteiger partial charge in [0, 0.05) is 20.8 Å². The number of ether oxygens (including phenoxy) is 2. The van der Waals surface area contributed by atoms with Crippen LogP contribution in [0, 0.1) is 6.92 Å². The molecule has 18 heavy (non-hydrogen) atoms. The monoisotopic (exact) mass is 273 g/mol. The highest BCUT2D eigenvalue weighted by Gasteiger charge is 2.13. The smallest absolute Gasteiger partial charge is 0.156 e. The quantitative estimate of drug-likeness (QED) is 0.597. The van der Waals surface area contributed by atoms with E-state index >= 15 is 0 Å². The first kappa shape index (κ1) is 14.8. The summed E-state index contributed by atoms with van der Waals surface area (Å²) in [5, 5.41) is 3.15. The first-order valence-electron chi connectivity index (χ1n) is 5.37. The molecule has 0 spiro atoms. The Kier molecular flexibility index (Phi) is 5.97. The number of rotatable bonds is 7. The number of aromatic nitrogens is 2. The number of methoxy groups -OCH3 is 2. The fraction of sp³-hybridized carbons (Fsp3) is 0.545. The van der Waals surface area contributed by atoms with Crippen molar-refractivity contribution in [2.75, 3.05) is 32.7 Å². The van der Waals surface area contributed by atoms with Crippen LogP contribution in [0.25, 0.3) is 0 Å². The number of halogens is 1. The molecule has 0 amide bonds. The van der Waals surface area contributed by atoms with E-state index in [2.05, 4.69) is 15.3 Å². The molecular formula is C11H16ClN3O3. The van der Waals surface area contributed by atoms with Crippen LogP contribution < -0.4 is 5.32 Å². The number of anilines is 1. The summed E-state index contributed by atoms with van der Waals surface area (Å²) in [5.74, 6) is 0.898. The Morgan fingerprint density at radius 2 is 2.17 bits per heavy atom. The van der Waals surface area contributed by atoms with Crippen LogP contribution in [-0.2, 0) is 9.47 Å². The first-order chi connectivity index (χ1) is 8.62. The van der Waals surface area contributed by atoms with Gasteiger partial charge in [0.15, 0.2) is 6.29 Å². The van der Waals surface area contributed by atoms with Gasteiger partial charge in [-0.3, -0.25) is 4.79 Å². The SMILES string of the molecule is COCC(CNc1nc(C)nc(Cl)c1C=O)OC. The molecule has 1 atom stereocenters. The normalized spacial score (nSPS) is 12.2. The predicted octanol–water partition coefficient (Wildman–Crippen LogP) is 1.32. The summed E-state index contributed by atoms with van der Waals surface area (Å²) in [7, 11) is 3.18. The lowest BCUT2D eigenvalue weighted by Crippen LogP contribution is -2.27. The van der Waals surface area contributed by atoms with E-state index in [4.69, 9.17) is 21.1 Å². The number of carbonyl (C=O) groups is 1. The van der Waals surface area contributed by atoms with E-state index in [1.165, 1.54) is 0 Å². The number of nitrogens with one attached hydrogen (secondary N) is 1. The van der Waals surface area contributed by atoms with Crippen LogP contribution in [0.1, 0.15) is 16.2 Å². The van der Waals surface area contributed by atoms with E-state index < -0.39 is 0 Å². The summed E-state index contributed by atoms with van der Waals surface area (Å²) in [4.78, 5) is 19.0. The predicted molar refractivity (Wildman–Crippen MR) is 68.3 cm³/mol. The van der Waals surface area contributed by atoms with Crippen molar-refractivity contribution in [1.29, 1.82) is 0 Å². The van der Waals surface area contributed by atoms with Crippen molar-refractivity contribution < 1.29 is 14.3 Å². The Morgan fingerprint density at radius 3 is 2.72 bits per heavy atom. The zero-order valence-corrected chi connectivity index (χ0v) is 11.3. The summed E-state index contributed by atoms with van der Waals surface area (Å²) in [6, 6.07) is 0. The largest absolute Gasteiger partial charge is 0.382 e. The van der Waals surface area contributed by atoms with Crippen molar-refractivity contribution in [3.8, 4) is 0 Å². The standard InChI is InChI=1S/C11H16ClN3O3/c1-7-14-10(12)9(5-16)11(15-7)13-4-8(18-3)6-17-2/h5,8H,4,6H2,1-3H3,(H,13,14,15). The van der Waals surface area contributed by atoms with Gasteiger partial charge >= 0.3 is 0 Å². The van der Waals surface area contributed by atoms with Gasteiger partial charge in [0.25, 0.3) is 0 Å². The van der Waals surface area contributed by atoms with E-state index in [1.54, 1.807) is 21.1 Å². The van der Waals surface area contributed by atoms with Crippen molar-refractivity contribution in [3.05, 3.63) is 16.5 Å². The molecule has 6 nitrogen and oxygen atoms in total. The Hall–Kier alpha value is -1.24. The summed E-state index contributed by atoms with van der Waals surface area (Å²) >= 11 is 5.87. The zero-order chi connectivity index (χ0) is 13.5. The fourth-order valence-corrected chi connectivity index (χ4v) is 1.65. The second-order valence-corrected chi connectivity index (χ2v) is 3.99. The van der Waals surface area contributed by atoms with Crippen LogP contribution in [0.4, 0.5) is 5.82 Å². The molecule has 0 bridgehead atoms. The molecule has 100 valence electrons. The maximum absolute atomic E-state index is 10.9. The molecular weight excluding hydrogens is 258 g/mol. The minimum atomic E-state index is -0.136. The van der Waals surface area contributed by atoms with Crippen molar-refractivity contribution in [1.82, 2.24) is 9.97 Å². The second-order valence-electron chi connectivity index (χ2n) is 3.64. The van der Waals surface area contributed by atoms with Gasteiger partial charge < -0.3 is 14.8 Å². The molecule has 1 rings (SSSR count). The molecule has 0 saturated carbocycles. The Labute approximate surface area is 111 Å². The van der Waals surface area contributed by atoms with Gasteiger partial charge in [0.05, 0.1) is 18.3 Å². The lowest BCUT2D eigenvalue weighted by Gasteiger charge is -2.16. The number of aryl methyl sites for hydroxylation is 1. The van der Waals surface area contributed by atoms with Crippen LogP contribution in [0.15, 0.2) is 0 Å². The van der Waals surface area contributed by atoms with Crippen molar-refractivity contribution >= 4 is 23.7 Å². The molecule has 0 fully saturated rings. The van der Waals surface area contributed by atoms with Gasteiger partial charge in [-0.05, 0) is 6.92 Å². The highest BCUT2D eigenvalue weighted by atomic mass is 35.5. The lowest BCUT2D eigenvalue weighted by atomic mass is 10.3. The fourth-order valence-electron chi connectivity index (χ4n) is 1.39. The number of aldehydes is 1. The van der Waals surface area contributed by atoms with Gasteiger partial charge in [0.1, 0.15) is 16.8 Å². The Bertz CT molecular complexity index is 415. The number of hydrogen-bond donors (Lipinski definition) is 1. The van der Waals surface area contributed by atoms with Crippen LogP contribution in [0.5, 0.6) is 0 Å². The maximum Gasteiger partial charge on any atom is 0.156 e. The molecule has 0 aliphatic rings. The molecule has 1 heterocycles. The summed E-state index contributed by atoms with van der Waals surface area (Å²) < 4.78 is 10.2. The third-order valence-electron chi connectivity index (χ3n) is 2.31. The highest BCUT2D eigenvalue weighted by molar-refractivity contribution is 6.32. The zero-order valence-electron chi connectivity index (χ0n) is 10.6. The van der Waals surface area contributed by atoms with E-state index in [9.17, 15) is 4.79 Å². The molecule has 1 aromatic heterocycles. The average molecular weight is 274 g/mol.